The van der Waals surface area contributed by atoms with Crippen LogP contribution in [0.25, 0.3) is 28.0 Å². The van der Waals surface area contributed by atoms with Crippen LogP contribution in [0, 0.1) is 11.6 Å². The van der Waals surface area contributed by atoms with Crippen LogP contribution in [0.2, 0.25) is 0 Å². The largest absolute Gasteiger partial charge is 0.379 e. The average molecular weight is 632 g/mol. The fourth-order valence-corrected chi connectivity index (χ4v) is 5.71. The summed E-state index contributed by atoms with van der Waals surface area (Å²) in [6.07, 6.45) is 4.47. The molecule has 0 saturated carbocycles. The van der Waals surface area contributed by atoms with E-state index in [-0.39, 0.29) is 0 Å². The quantitative estimate of drug-likeness (QED) is 0.186. The van der Waals surface area contributed by atoms with Crippen molar-refractivity contribution in [3.63, 3.8) is 0 Å². The second-order valence-electron chi connectivity index (χ2n) is 11.2. The van der Waals surface area contributed by atoms with Gasteiger partial charge >= 0.3 is 0 Å². The predicted molar refractivity (Wildman–Crippen MR) is 177 cm³/mol. The molecule has 9 nitrogen and oxygen atoms in total. The number of nitrogens with zero attached hydrogens (tertiary/aromatic N) is 5. The Labute approximate surface area is 269 Å². The number of fused-ring (bicyclic) bond motifs is 1. The summed E-state index contributed by atoms with van der Waals surface area (Å²) >= 11 is 0. The number of hydrogen-bond donors (Lipinski definition) is 2. The molecule has 1 aliphatic rings. The van der Waals surface area contributed by atoms with Crippen molar-refractivity contribution in [2.45, 2.75) is 6.42 Å². The van der Waals surface area contributed by atoms with E-state index in [0.717, 1.165) is 68.2 Å². The second kappa shape index (κ2) is 13.5. The van der Waals surface area contributed by atoms with Gasteiger partial charge in [-0.3, -0.25) is 9.69 Å². The highest BCUT2D eigenvalue weighted by Crippen LogP contribution is 2.35. The highest BCUT2D eigenvalue weighted by Gasteiger charge is 2.20. The third kappa shape index (κ3) is 6.71. The number of morpholine rings is 1. The lowest BCUT2D eigenvalue weighted by atomic mass is 10.0. The number of carbonyl (C=O) groups excluding carboxylic acids is 1. The molecule has 0 spiro atoms. The number of rotatable bonds is 9. The number of ether oxygens (including phenoxy) is 1. The Bertz CT molecular complexity index is 2040. The number of benzene rings is 3. The van der Waals surface area contributed by atoms with Crippen molar-refractivity contribution in [2.24, 2.45) is 0 Å². The monoisotopic (exact) mass is 631 g/mol. The van der Waals surface area contributed by atoms with Gasteiger partial charge in [0.1, 0.15) is 22.9 Å². The normalized spacial score (nSPS) is 13.5. The minimum Gasteiger partial charge on any atom is -0.379 e. The summed E-state index contributed by atoms with van der Waals surface area (Å²) in [5.41, 5.74) is 5.33. The maximum atomic E-state index is 14.3. The minimum absolute atomic E-state index is 0.358. The molecule has 0 bridgehead atoms. The Morgan fingerprint density at radius 3 is 2.51 bits per heavy atom. The van der Waals surface area contributed by atoms with E-state index in [0.29, 0.717) is 28.6 Å². The van der Waals surface area contributed by atoms with Crippen molar-refractivity contribution in [2.75, 3.05) is 43.5 Å². The van der Waals surface area contributed by atoms with Gasteiger partial charge in [0.2, 0.25) is 5.95 Å². The van der Waals surface area contributed by atoms with Crippen molar-refractivity contribution < 1.29 is 18.3 Å². The topological polar surface area (TPSA) is 96.7 Å². The van der Waals surface area contributed by atoms with Crippen LogP contribution in [0.1, 0.15) is 15.9 Å². The summed E-state index contributed by atoms with van der Waals surface area (Å²) in [6.45, 7) is 4.44. The summed E-state index contributed by atoms with van der Waals surface area (Å²) in [5, 5.41) is 10.8. The molecule has 0 aliphatic carbocycles. The third-order valence-corrected chi connectivity index (χ3v) is 8.04. The van der Waals surface area contributed by atoms with Gasteiger partial charge in [-0.25, -0.2) is 23.3 Å². The maximum Gasteiger partial charge on any atom is 0.261 e. The number of pyridine rings is 1. The zero-order valence-electron chi connectivity index (χ0n) is 25.4. The van der Waals surface area contributed by atoms with Crippen molar-refractivity contribution in [1.29, 1.82) is 0 Å². The van der Waals surface area contributed by atoms with E-state index in [2.05, 4.69) is 32.7 Å². The highest BCUT2D eigenvalue weighted by atomic mass is 19.1. The van der Waals surface area contributed by atoms with Crippen LogP contribution in [0.15, 0.2) is 103 Å². The predicted octanol–water partition coefficient (Wildman–Crippen LogP) is 6.61. The lowest BCUT2D eigenvalue weighted by Gasteiger charge is -2.26. The van der Waals surface area contributed by atoms with Crippen molar-refractivity contribution in [3.05, 3.63) is 126 Å². The number of nitrogens with one attached hydrogen (secondary N) is 2. The van der Waals surface area contributed by atoms with Crippen LogP contribution >= 0.6 is 0 Å². The van der Waals surface area contributed by atoms with Gasteiger partial charge in [-0.1, -0.05) is 36.4 Å². The van der Waals surface area contributed by atoms with Crippen LogP contribution in [-0.2, 0) is 11.2 Å². The molecule has 1 amide bonds. The van der Waals surface area contributed by atoms with E-state index in [1.165, 1.54) is 11.6 Å². The van der Waals surface area contributed by atoms with E-state index in [4.69, 9.17) is 14.8 Å². The van der Waals surface area contributed by atoms with Gasteiger partial charge in [-0.2, -0.15) is 5.10 Å². The Hall–Kier alpha value is -5.52. The second-order valence-corrected chi connectivity index (χ2v) is 11.2. The fourth-order valence-electron chi connectivity index (χ4n) is 5.71. The van der Waals surface area contributed by atoms with Crippen molar-refractivity contribution in [3.8, 4) is 22.5 Å². The molecule has 0 radical (unpaired) electrons. The number of hydrogen-bond acceptors (Lipinski definition) is 7. The zero-order valence-corrected chi connectivity index (χ0v) is 25.4. The highest BCUT2D eigenvalue weighted by molar-refractivity contribution is 6.05. The molecule has 6 aromatic rings. The Morgan fingerprint density at radius 1 is 0.872 bits per heavy atom. The lowest BCUT2D eigenvalue weighted by Crippen LogP contribution is -2.37. The molecule has 1 fully saturated rings. The maximum absolute atomic E-state index is 14.3. The molecule has 1 saturated heterocycles. The van der Waals surface area contributed by atoms with Gasteiger partial charge < -0.3 is 15.4 Å². The summed E-state index contributed by atoms with van der Waals surface area (Å²) in [7, 11) is 0. The summed E-state index contributed by atoms with van der Waals surface area (Å²) < 4.78 is 35.8. The van der Waals surface area contributed by atoms with E-state index < -0.39 is 23.1 Å². The van der Waals surface area contributed by atoms with Crippen LogP contribution in [0.3, 0.4) is 0 Å². The first-order valence-electron chi connectivity index (χ1n) is 15.3. The van der Waals surface area contributed by atoms with Crippen molar-refractivity contribution in [1.82, 2.24) is 24.5 Å². The summed E-state index contributed by atoms with van der Waals surface area (Å²) in [5.74, 6) is -2.32. The molecule has 0 unspecified atom stereocenters. The molecule has 47 heavy (non-hydrogen) atoms. The third-order valence-electron chi connectivity index (χ3n) is 8.04. The molecular weight excluding hydrogens is 600 g/mol. The van der Waals surface area contributed by atoms with Gasteiger partial charge in [0, 0.05) is 49.0 Å². The van der Waals surface area contributed by atoms with Gasteiger partial charge in [0.05, 0.1) is 30.0 Å². The van der Waals surface area contributed by atoms with E-state index >= 15 is 0 Å². The molecule has 11 heteroatoms. The first kappa shape index (κ1) is 30.2. The number of amides is 1. The van der Waals surface area contributed by atoms with E-state index in [1.54, 1.807) is 28.9 Å². The lowest BCUT2D eigenvalue weighted by molar-refractivity contribution is 0.0384. The van der Waals surface area contributed by atoms with Crippen LogP contribution in [0.5, 0.6) is 0 Å². The Kier molecular flexibility index (Phi) is 8.63. The summed E-state index contributed by atoms with van der Waals surface area (Å²) in [6, 6.07) is 26.1. The van der Waals surface area contributed by atoms with Crippen LogP contribution < -0.4 is 10.6 Å². The van der Waals surface area contributed by atoms with Gasteiger partial charge in [-0.15, -0.1) is 0 Å². The number of halogens is 2. The van der Waals surface area contributed by atoms with Gasteiger partial charge in [-0.05, 0) is 66.6 Å². The Balaban J connectivity index is 1.17. The first-order chi connectivity index (χ1) is 23.0. The minimum atomic E-state index is -0.936. The van der Waals surface area contributed by atoms with Crippen molar-refractivity contribution >= 4 is 28.7 Å². The molecule has 2 N–H and O–H groups in total. The molecule has 4 heterocycles. The number of anilines is 3. The van der Waals surface area contributed by atoms with E-state index in [1.807, 2.05) is 48.7 Å². The number of aromatic nitrogens is 4. The molecule has 3 aromatic carbocycles. The van der Waals surface area contributed by atoms with Gasteiger partial charge in [0.25, 0.3) is 5.91 Å². The standard InChI is InChI=1S/C36H31F2N7O2/c37-28-10-5-11-29(38)32(28)35(46)40-27-9-4-7-25(23-27)34-33(31-12-1-2-16-45(31)43-34)30-13-15-39-36(42-30)41-26-8-3-6-24(22-26)14-17-44-18-20-47-21-19-44/h1-13,15-16,22-23H,14,17-21H2,(H,40,46)(H,39,41,42). The molecule has 236 valence electrons. The molecule has 0 atom stereocenters. The molecule has 7 rings (SSSR count). The van der Waals surface area contributed by atoms with Crippen LogP contribution in [-0.4, -0.2) is 63.2 Å². The average Bonchev–Trinajstić information content (AvgIpc) is 3.48. The summed E-state index contributed by atoms with van der Waals surface area (Å²) in [4.78, 5) is 24.6. The SMILES string of the molecule is O=C(Nc1cccc(-c2nn3ccccc3c2-c2ccnc(Nc3cccc(CCN4CCOCC4)c3)n2)c1)c1c(F)cccc1F. The zero-order chi connectivity index (χ0) is 32.2. The first-order valence-corrected chi connectivity index (χ1v) is 15.3. The van der Waals surface area contributed by atoms with E-state index in [9.17, 15) is 13.6 Å². The van der Waals surface area contributed by atoms with Gasteiger partial charge in [0.15, 0.2) is 0 Å². The molecule has 1 aliphatic heterocycles. The molecular formula is C36H31F2N7O2. The number of carbonyl (C=O) groups is 1. The fraction of sp³-hybridized carbons (Fsp3) is 0.167. The van der Waals surface area contributed by atoms with Crippen LogP contribution in [0.4, 0.5) is 26.1 Å². The Morgan fingerprint density at radius 2 is 1.66 bits per heavy atom. The smallest absolute Gasteiger partial charge is 0.261 e. The molecule has 3 aromatic heterocycles.